The van der Waals surface area contributed by atoms with Crippen molar-refractivity contribution < 1.29 is 27.4 Å². The van der Waals surface area contributed by atoms with Crippen molar-refractivity contribution in [3.63, 3.8) is 0 Å². The van der Waals surface area contributed by atoms with Gasteiger partial charge in [-0.1, -0.05) is 12.1 Å². The predicted octanol–water partition coefficient (Wildman–Crippen LogP) is 1.40. The van der Waals surface area contributed by atoms with Crippen LogP contribution in [0.5, 0.6) is 11.5 Å². The Morgan fingerprint density at radius 1 is 1.19 bits per heavy atom. The van der Waals surface area contributed by atoms with E-state index in [1.807, 2.05) is 0 Å². The fourth-order valence-electron chi connectivity index (χ4n) is 1.92. The number of nitrogens with one attached hydrogen (secondary N) is 1. The zero-order valence-corrected chi connectivity index (χ0v) is 11.2. The zero-order valence-electron chi connectivity index (χ0n) is 11.2. The predicted molar refractivity (Wildman–Crippen MR) is 68.1 cm³/mol. The zero-order chi connectivity index (χ0) is 15.3. The average Bonchev–Trinajstić information content (AvgIpc) is 2.45. The van der Waals surface area contributed by atoms with E-state index in [0.29, 0.717) is 26.2 Å². The minimum Gasteiger partial charge on any atom is -0.480 e. The number of alkyl halides is 3. The van der Waals surface area contributed by atoms with E-state index in [4.69, 9.17) is 4.74 Å². The van der Waals surface area contributed by atoms with E-state index in [-0.39, 0.29) is 18.3 Å². The summed E-state index contributed by atoms with van der Waals surface area (Å²) in [6.07, 6.45) is -4.80. The molecule has 1 N–H and O–H groups in total. The van der Waals surface area contributed by atoms with Gasteiger partial charge in [0.15, 0.2) is 18.1 Å². The molecule has 1 saturated heterocycles. The van der Waals surface area contributed by atoms with Gasteiger partial charge in [-0.3, -0.25) is 4.79 Å². The number of ether oxygens (including phenoxy) is 2. The van der Waals surface area contributed by atoms with Crippen LogP contribution >= 0.6 is 0 Å². The second-order valence-electron chi connectivity index (χ2n) is 4.41. The number of hydrogen-bond acceptors (Lipinski definition) is 4. The maximum Gasteiger partial charge on any atom is 0.573 e. The van der Waals surface area contributed by atoms with Crippen LogP contribution in [0.1, 0.15) is 0 Å². The Bertz CT molecular complexity index is 488. The minimum absolute atomic E-state index is 0.113. The summed E-state index contributed by atoms with van der Waals surface area (Å²) in [5.74, 6) is -0.838. The van der Waals surface area contributed by atoms with Gasteiger partial charge >= 0.3 is 6.36 Å². The molecule has 2 rings (SSSR count). The molecule has 1 fully saturated rings. The average molecular weight is 304 g/mol. The normalized spacial score (nSPS) is 15.7. The van der Waals surface area contributed by atoms with Crippen LogP contribution in [-0.4, -0.2) is 50.0 Å². The fraction of sp³-hybridized carbons (Fsp3) is 0.462. The number of para-hydroxylation sites is 2. The lowest BCUT2D eigenvalue weighted by atomic mass is 10.3. The van der Waals surface area contributed by atoms with Gasteiger partial charge in [0, 0.05) is 26.2 Å². The first kappa shape index (κ1) is 15.4. The molecule has 0 atom stereocenters. The molecule has 0 saturated carbocycles. The highest BCUT2D eigenvalue weighted by atomic mass is 19.4. The van der Waals surface area contributed by atoms with E-state index in [1.54, 1.807) is 4.90 Å². The summed E-state index contributed by atoms with van der Waals surface area (Å²) in [5, 5.41) is 3.10. The Morgan fingerprint density at radius 3 is 2.43 bits per heavy atom. The lowest BCUT2D eigenvalue weighted by molar-refractivity contribution is -0.275. The van der Waals surface area contributed by atoms with Crippen LogP contribution < -0.4 is 14.8 Å². The topological polar surface area (TPSA) is 50.8 Å². The van der Waals surface area contributed by atoms with Gasteiger partial charge in [0.05, 0.1) is 0 Å². The third-order valence-electron chi connectivity index (χ3n) is 2.90. The molecule has 21 heavy (non-hydrogen) atoms. The van der Waals surface area contributed by atoms with E-state index in [2.05, 4.69) is 10.1 Å². The molecule has 116 valence electrons. The molecule has 0 aromatic heterocycles. The second-order valence-corrected chi connectivity index (χ2v) is 4.41. The highest BCUT2D eigenvalue weighted by molar-refractivity contribution is 5.78. The summed E-state index contributed by atoms with van der Waals surface area (Å²) in [6.45, 7) is 2.18. The van der Waals surface area contributed by atoms with Crippen LogP contribution in [0.15, 0.2) is 24.3 Å². The summed E-state index contributed by atoms with van der Waals surface area (Å²) in [5.41, 5.74) is 0. The van der Waals surface area contributed by atoms with Crippen molar-refractivity contribution in [2.45, 2.75) is 6.36 Å². The Labute approximate surface area is 119 Å². The molecule has 1 heterocycles. The number of carbonyl (C=O) groups excluding carboxylic acids is 1. The van der Waals surface area contributed by atoms with Gasteiger partial charge in [0.25, 0.3) is 5.91 Å². The molecule has 5 nitrogen and oxygen atoms in total. The Kier molecular flexibility index (Phi) is 4.89. The smallest absolute Gasteiger partial charge is 0.480 e. The van der Waals surface area contributed by atoms with Crippen molar-refractivity contribution in [3.8, 4) is 11.5 Å². The van der Waals surface area contributed by atoms with Crippen LogP contribution in [0.25, 0.3) is 0 Å². The Hall–Kier alpha value is -1.96. The lowest BCUT2D eigenvalue weighted by Crippen LogP contribution is -2.47. The van der Waals surface area contributed by atoms with Crippen LogP contribution in [0.4, 0.5) is 13.2 Å². The van der Waals surface area contributed by atoms with Gasteiger partial charge in [0.1, 0.15) is 0 Å². The van der Waals surface area contributed by atoms with E-state index >= 15 is 0 Å². The lowest BCUT2D eigenvalue weighted by Gasteiger charge is -2.27. The van der Waals surface area contributed by atoms with Crippen molar-refractivity contribution in [2.75, 3.05) is 32.8 Å². The van der Waals surface area contributed by atoms with Crippen molar-refractivity contribution in [1.29, 1.82) is 0 Å². The summed E-state index contributed by atoms with van der Waals surface area (Å²) in [7, 11) is 0. The van der Waals surface area contributed by atoms with Crippen LogP contribution in [0.3, 0.4) is 0 Å². The SMILES string of the molecule is O=C(COc1ccccc1OC(F)(F)F)N1CCNCC1. The summed E-state index contributed by atoms with van der Waals surface area (Å²) in [6, 6.07) is 5.37. The highest BCUT2D eigenvalue weighted by Crippen LogP contribution is 2.31. The van der Waals surface area contributed by atoms with Crippen molar-refractivity contribution >= 4 is 5.91 Å². The second kappa shape index (κ2) is 6.66. The summed E-state index contributed by atoms with van der Waals surface area (Å²) >= 11 is 0. The monoisotopic (exact) mass is 304 g/mol. The van der Waals surface area contributed by atoms with Gasteiger partial charge < -0.3 is 19.7 Å². The first-order chi connectivity index (χ1) is 9.96. The number of benzene rings is 1. The number of piperazine rings is 1. The number of carbonyl (C=O) groups is 1. The number of halogens is 3. The molecule has 0 radical (unpaired) electrons. The minimum atomic E-state index is -4.80. The number of rotatable bonds is 4. The number of nitrogens with zero attached hydrogens (tertiary/aromatic N) is 1. The van der Waals surface area contributed by atoms with Crippen molar-refractivity contribution in [1.82, 2.24) is 10.2 Å². The van der Waals surface area contributed by atoms with Gasteiger partial charge in [-0.05, 0) is 12.1 Å². The summed E-state index contributed by atoms with van der Waals surface area (Å²) in [4.78, 5) is 13.5. The van der Waals surface area contributed by atoms with E-state index in [1.165, 1.54) is 18.2 Å². The number of amides is 1. The first-order valence-electron chi connectivity index (χ1n) is 6.42. The van der Waals surface area contributed by atoms with Gasteiger partial charge in [0.2, 0.25) is 0 Å². The maximum absolute atomic E-state index is 12.3. The van der Waals surface area contributed by atoms with Crippen LogP contribution in [0.2, 0.25) is 0 Å². The highest BCUT2D eigenvalue weighted by Gasteiger charge is 2.32. The molecular weight excluding hydrogens is 289 g/mol. The molecule has 0 bridgehead atoms. The van der Waals surface area contributed by atoms with Gasteiger partial charge in [-0.15, -0.1) is 13.2 Å². The molecular formula is C13H15F3N2O3. The van der Waals surface area contributed by atoms with Gasteiger partial charge in [-0.25, -0.2) is 0 Å². The van der Waals surface area contributed by atoms with E-state index in [0.717, 1.165) is 6.07 Å². The summed E-state index contributed by atoms with van der Waals surface area (Å²) < 4.78 is 45.8. The Balaban J connectivity index is 1.94. The van der Waals surface area contributed by atoms with Crippen LogP contribution in [0, 0.1) is 0 Å². The molecule has 0 aliphatic carbocycles. The van der Waals surface area contributed by atoms with Crippen molar-refractivity contribution in [3.05, 3.63) is 24.3 Å². The van der Waals surface area contributed by atoms with Crippen LogP contribution in [-0.2, 0) is 4.79 Å². The Morgan fingerprint density at radius 2 is 1.81 bits per heavy atom. The first-order valence-corrected chi connectivity index (χ1v) is 6.42. The van der Waals surface area contributed by atoms with E-state index < -0.39 is 12.1 Å². The molecule has 0 spiro atoms. The molecule has 1 aliphatic heterocycles. The largest absolute Gasteiger partial charge is 0.573 e. The third kappa shape index (κ3) is 4.82. The standard InChI is InChI=1S/C13H15F3N2O3/c14-13(15,16)21-11-4-2-1-3-10(11)20-9-12(19)18-7-5-17-6-8-18/h1-4,17H,5-9H2. The number of hydrogen-bond donors (Lipinski definition) is 1. The molecule has 0 unspecified atom stereocenters. The molecule has 1 aliphatic rings. The molecule has 1 aromatic rings. The maximum atomic E-state index is 12.3. The fourth-order valence-corrected chi connectivity index (χ4v) is 1.92. The third-order valence-corrected chi connectivity index (χ3v) is 2.90. The van der Waals surface area contributed by atoms with E-state index in [9.17, 15) is 18.0 Å². The molecule has 1 amide bonds. The quantitative estimate of drug-likeness (QED) is 0.913. The molecule has 1 aromatic carbocycles. The van der Waals surface area contributed by atoms with Crippen molar-refractivity contribution in [2.24, 2.45) is 0 Å². The molecule has 8 heteroatoms. The van der Waals surface area contributed by atoms with Gasteiger partial charge in [-0.2, -0.15) is 0 Å².